The van der Waals surface area contributed by atoms with Crippen LogP contribution < -0.4 is 5.32 Å². The molecular weight excluding hydrogens is 540 g/mol. The number of ether oxygens (including phenoxy) is 1. The average Bonchev–Trinajstić information content (AvgIpc) is 3.36. The Morgan fingerprint density at radius 3 is 2.51 bits per heavy atom. The number of nitrogens with zero attached hydrogens (tertiary/aromatic N) is 1. The highest BCUT2D eigenvalue weighted by molar-refractivity contribution is 7.90. The molecule has 41 heavy (non-hydrogen) atoms. The third-order valence-electron chi connectivity index (χ3n) is 7.97. The zero-order chi connectivity index (χ0) is 30.0. The standard InChI is InChI=1S/C32H46N2O6S/c1-5-27(31(35)33-30(32(36)37)17-19-41(4,38)39)29(28-16-10-9-12-24(28)3)20-23(2)21-34-18-11-13-25(34)22-40-26-14-7-6-8-15-26/h5,9-10,12,16,20,25-26,30H,1,6-8,11,13-15,17-19,21-22H2,2-4H3,(H,33,35)(H,36,37)/b23-20+,29-27-. The highest BCUT2D eigenvalue weighted by Gasteiger charge is 2.27. The molecule has 3 rings (SSSR count). The van der Waals surface area contributed by atoms with Crippen LogP contribution in [0.4, 0.5) is 0 Å². The van der Waals surface area contributed by atoms with Gasteiger partial charge in [-0.3, -0.25) is 9.69 Å². The molecule has 8 nitrogen and oxygen atoms in total. The average molecular weight is 587 g/mol. The minimum Gasteiger partial charge on any atom is -0.480 e. The first-order valence-electron chi connectivity index (χ1n) is 14.7. The van der Waals surface area contributed by atoms with Crippen molar-refractivity contribution in [2.24, 2.45) is 0 Å². The fraction of sp³-hybridized carbons (Fsp3) is 0.562. The Morgan fingerprint density at radius 1 is 1.17 bits per heavy atom. The number of sulfone groups is 1. The number of allylic oxidation sites excluding steroid dienone is 2. The smallest absolute Gasteiger partial charge is 0.326 e. The van der Waals surface area contributed by atoms with Crippen LogP contribution >= 0.6 is 0 Å². The van der Waals surface area contributed by atoms with E-state index in [2.05, 4.69) is 16.8 Å². The topological polar surface area (TPSA) is 113 Å². The second-order valence-electron chi connectivity index (χ2n) is 11.5. The first-order valence-corrected chi connectivity index (χ1v) is 16.7. The maximum absolute atomic E-state index is 13.4. The molecule has 0 aromatic heterocycles. The van der Waals surface area contributed by atoms with Crippen molar-refractivity contribution in [3.63, 3.8) is 0 Å². The van der Waals surface area contributed by atoms with Crippen LogP contribution in [-0.2, 0) is 24.2 Å². The van der Waals surface area contributed by atoms with Crippen LogP contribution in [0.1, 0.15) is 69.4 Å². The number of carbonyl (C=O) groups excluding carboxylic acids is 1. The van der Waals surface area contributed by atoms with E-state index in [0.29, 0.717) is 17.7 Å². The van der Waals surface area contributed by atoms with Gasteiger partial charge in [-0.2, -0.15) is 0 Å². The summed E-state index contributed by atoms with van der Waals surface area (Å²) in [6.07, 6.45) is 12.9. The molecule has 1 heterocycles. The Kier molecular flexibility index (Phi) is 12.4. The van der Waals surface area contributed by atoms with Crippen molar-refractivity contribution in [2.75, 3.05) is 31.7 Å². The summed E-state index contributed by atoms with van der Waals surface area (Å²) in [5, 5.41) is 12.2. The Labute approximate surface area is 245 Å². The normalized spacial score (nSPS) is 20.4. The second-order valence-corrected chi connectivity index (χ2v) is 13.7. The lowest BCUT2D eigenvalue weighted by Crippen LogP contribution is -2.42. The van der Waals surface area contributed by atoms with Crippen molar-refractivity contribution in [3.8, 4) is 0 Å². The molecule has 1 aromatic rings. The first kappa shape index (κ1) is 32.8. The monoisotopic (exact) mass is 586 g/mol. The zero-order valence-corrected chi connectivity index (χ0v) is 25.5. The van der Waals surface area contributed by atoms with Crippen LogP contribution in [0.25, 0.3) is 5.57 Å². The van der Waals surface area contributed by atoms with Gasteiger partial charge in [0, 0.05) is 24.4 Å². The van der Waals surface area contributed by atoms with E-state index < -0.39 is 27.8 Å². The number of carboxylic acids is 1. The van der Waals surface area contributed by atoms with E-state index in [-0.39, 0.29) is 17.7 Å². The summed E-state index contributed by atoms with van der Waals surface area (Å²) in [7, 11) is -3.39. The zero-order valence-electron chi connectivity index (χ0n) is 24.7. The van der Waals surface area contributed by atoms with Crippen molar-refractivity contribution in [2.45, 2.75) is 83.4 Å². The molecule has 0 radical (unpaired) electrons. The molecule has 1 aliphatic carbocycles. The third kappa shape index (κ3) is 10.2. The highest BCUT2D eigenvalue weighted by atomic mass is 32.2. The van der Waals surface area contributed by atoms with Gasteiger partial charge in [0.1, 0.15) is 15.9 Å². The molecule has 0 spiro atoms. The van der Waals surface area contributed by atoms with Gasteiger partial charge in [0.15, 0.2) is 0 Å². The van der Waals surface area contributed by atoms with Gasteiger partial charge in [-0.05, 0) is 69.2 Å². The number of aryl methyl sites for hydroxylation is 1. The first-order chi connectivity index (χ1) is 19.5. The fourth-order valence-electron chi connectivity index (χ4n) is 5.71. The highest BCUT2D eigenvalue weighted by Crippen LogP contribution is 2.28. The van der Waals surface area contributed by atoms with Gasteiger partial charge in [0.25, 0.3) is 5.91 Å². The van der Waals surface area contributed by atoms with Gasteiger partial charge >= 0.3 is 5.97 Å². The molecule has 1 saturated heterocycles. The van der Waals surface area contributed by atoms with Gasteiger partial charge in [0.2, 0.25) is 0 Å². The van der Waals surface area contributed by atoms with Crippen LogP contribution in [0.2, 0.25) is 0 Å². The summed E-state index contributed by atoms with van der Waals surface area (Å²) in [5.41, 5.74) is 3.76. The lowest BCUT2D eigenvalue weighted by atomic mass is 9.93. The van der Waals surface area contributed by atoms with E-state index in [4.69, 9.17) is 4.74 Å². The van der Waals surface area contributed by atoms with E-state index in [1.807, 2.05) is 44.2 Å². The van der Waals surface area contributed by atoms with Crippen LogP contribution in [-0.4, -0.2) is 80.2 Å². The number of rotatable bonds is 14. The summed E-state index contributed by atoms with van der Waals surface area (Å²) in [4.78, 5) is 27.7. The number of likely N-dealkylation sites (tertiary alicyclic amines) is 1. The second kappa shape index (κ2) is 15.5. The summed E-state index contributed by atoms with van der Waals surface area (Å²) < 4.78 is 29.6. The number of amides is 1. The molecule has 1 aliphatic heterocycles. The summed E-state index contributed by atoms with van der Waals surface area (Å²) in [6.45, 7) is 10.3. The Morgan fingerprint density at radius 2 is 1.88 bits per heavy atom. The molecule has 2 fully saturated rings. The minimum atomic E-state index is -3.39. The largest absolute Gasteiger partial charge is 0.480 e. The third-order valence-corrected chi connectivity index (χ3v) is 8.95. The molecule has 1 amide bonds. The van der Waals surface area contributed by atoms with E-state index >= 15 is 0 Å². The lowest BCUT2D eigenvalue weighted by Gasteiger charge is -2.28. The predicted octanol–water partition coefficient (Wildman–Crippen LogP) is 4.70. The molecule has 226 valence electrons. The fourth-order valence-corrected chi connectivity index (χ4v) is 6.37. The van der Waals surface area contributed by atoms with Crippen LogP contribution in [0.5, 0.6) is 0 Å². The van der Waals surface area contributed by atoms with Gasteiger partial charge in [0.05, 0.1) is 18.5 Å². The minimum absolute atomic E-state index is 0.224. The molecular formula is C32H46N2O6S. The number of carbonyl (C=O) groups is 2. The number of carboxylic acid groups (broad SMARTS) is 1. The molecule has 2 aliphatic rings. The van der Waals surface area contributed by atoms with E-state index in [0.717, 1.165) is 68.3 Å². The summed E-state index contributed by atoms with van der Waals surface area (Å²) >= 11 is 0. The van der Waals surface area contributed by atoms with Crippen molar-refractivity contribution in [3.05, 3.63) is 65.3 Å². The van der Waals surface area contributed by atoms with Crippen molar-refractivity contribution >= 4 is 27.3 Å². The Hall–Kier alpha value is -2.75. The van der Waals surface area contributed by atoms with E-state index in [9.17, 15) is 23.1 Å². The molecule has 1 saturated carbocycles. The number of hydrogen-bond acceptors (Lipinski definition) is 6. The van der Waals surface area contributed by atoms with Crippen LogP contribution in [0, 0.1) is 6.92 Å². The molecule has 9 heteroatoms. The lowest BCUT2D eigenvalue weighted by molar-refractivity contribution is -0.141. The summed E-state index contributed by atoms with van der Waals surface area (Å²) in [6, 6.07) is 6.73. The molecule has 0 bridgehead atoms. The molecule has 2 N–H and O–H groups in total. The molecule has 1 aromatic carbocycles. The van der Waals surface area contributed by atoms with Gasteiger partial charge in [-0.25, -0.2) is 13.2 Å². The van der Waals surface area contributed by atoms with Gasteiger partial charge < -0.3 is 15.2 Å². The number of hydrogen-bond donors (Lipinski definition) is 2. The number of nitrogens with one attached hydrogen (secondary N) is 1. The molecule has 2 unspecified atom stereocenters. The maximum atomic E-state index is 13.4. The molecule has 2 atom stereocenters. The quantitative estimate of drug-likeness (QED) is 0.240. The van der Waals surface area contributed by atoms with Crippen molar-refractivity contribution in [1.29, 1.82) is 0 Å². The Balaban J connectivity index is 1.85. The predicted molar refractivity (Wildman–Crippen MR) is 163 cm³/mol. The van der Waals surface area contributed by atoms with Crippen molar-refractivity contribution < 1.29 is 27.9 Å². The van der Waals surface area contributed by atoms with Gasteiger partial charge in [-0.1, -0.05) is 67.8 Å². The SMILES string of the molecule is C=C/C(C(=O)NC(CCS(C)(=O)=O)C(=O)O)=C(\C=C(/C)CN1CCCC1COC1CCCCC1)c1ccccc1C. The number of aliphatic carboxylic acids is 1. The van der Waals surface area contributed by atoms with Gasteiger partial charge in [-0.15, -0.1) is 0 Å². The van der Waals surface area contributed by atoms with Crippen LogP contribution in [0.3, 0.4) is 0 Å². The van der Waals surface area contributed by atoms with Crippen molar-refractivity contribution in [1.82, 2.24) is 10.2 Å². The van der Waals surface area contributed by atoms with E-state index in [1.165, 1.54) is 25.3 Å². The summed E-state index contributed by atoms with van der Waals surface area (Å²) in [5.74, 6) is -2.24. The maximum Gasteiger partial charge on any atom is 0.326 e. The Bertz CT molecular complexity index is 1250. The van der Waals surface area contributed by atoms with E-state index in [1.54, 1.807) is 0 Å². The van der Waals surface area contributed by atoms with Crippen LogP contribution in [0.15, 0.2) is 54.1 Å². The number of benzene rings is 1.